The molecule has 0 spiro atoms. The van der Waals surface area contributed by atoms with Gasteiger partial charge in [0.15, 0.2) is 0 Å². The van der Waals surface area contributed by atoms with Crippen molar-refractivity contribution in [2.75, 3.05) is 0 Å². The summed E-state index contributed by atoms with van der Waals surface area (Å²) < 4.78 is 10.8. The van der Waals surface area contributed by atoms with Crippen molar-refractivity contribution < 1.29 is 9.05 Å². The van der Waals surface area contributed by atoms with E-state index in [-0.39, 0.29) is 9.03 Å². The smallest absolute Gasteiger partial charge is 0.275 e. The highest BCUT2D eigenvalue weighted by Crippen LogP contribution is 2.23. The molecule has 0 saturated heterocycles. The molecule has 0 saturated carbocycles. The lowest BCUT2D eigenvalue weighted by Crippen LogP contribution is -1.83. The summed E-state index contributed by atoms with van der Waals surface area (Å²) in [7, 11) is -0.0129. The molecule has 15 heavy (non-hydrogen) atoms. The van der Waals surface area contributed by atoms with Crippen molar-refractivity contribution in [2.24, 2.45) is 0 Å². The van der Waals surface area contributed by atoms with Crippen LogP contribution in [0.2, 0.25) is 0 Å². The SMILES string of the molecule is c1ccc(OPOc2ccccc2)cc1. The molecular weight excluding hydrogens is 207 g/mol. The zero-order valence-corrected chi connectivity index (χ0v) is 9.09. The molecule has 0 fully saturated rings. The fourth-order valence-electron chi connectivity index (χ4n) is 1.09. The van der Waals surface area contributed by atoms with Crippen LogP contribution in [0.5, 0.6) is 11.5 Å². The molecule has 0 heterocycles. The first kappa shape index (κ1) is 10.0. The summed E-state index contributed by atoms with van der Waals surface area (Å²) in [6.07, 6.45) is 0. The summed E-state index contributed by atoms with van der Waals surface area (Å²) in [6.45, 7) is 0. The molecule has 2 aromatic carbocycles. The number of benzene rings is 2. The summed E-state index contributed by atoms with van der Waals surface area (Å²) in [4.78, 5) is 0. The van der Waals surface area contributed by atoms with Gasteiger partial charge in [0, 0.05) is 0 Å². The third kappa shape index (κ3) is 3.26. The lowest BCUT2D eigenvalue weighted by molar-refractivity contribution is 0.516. The van der Waals surface area contributed by atoms with Crippen LogP contribution in [0.4, 0.5) is 0 Å². The second-order valence-corrected chi connectivity index (χ2v) is 3.49. The largest absolute Gasteiger partial charge is 0.441 e. The van der Waals surface area contributed by atoms with Gasteiger partial charge in [0.1, 0.15) is 11.5 Å². The monoisotopic (exact) mass is 218 g/mol. The Bertz CT molecular complexity index is 349. The Balaban J connectivity index is 1.81. The van der Waals surface area contributed by atoms with Gasteiger partial charge >= 0.3 is 0 Å². The summed E-state index contributed by atoms with van der Waals surface area (Å²) in [5, 5.41) is 0. The Morgan fingerprint density at radius 1 is 0.600 bits per heavy atom. The van der Waals surface area contributed by atoms with Crippen molar-refractivity contribution in [1.29, 1.82) is 0 Å². The maximum atomic E-state index is 5.42. The number of hydrogen-bond donors (Lipinski definition) is 0. The molecule has 0 unspecified atom stereocenters. The van der Waals surface area contributed by atoms with Crippen molar-refractivity contribution in [1.82, 2.24) is 0 Å². The predicted molar refractivity (Wildman–Crippen MR) is 62.5 cm³/mol. The third-order valence-electron chi connectivity index (χ3n) is 1.81. The molecule has 2 aromatic rings. The molecule has 2 nitrogen and oxygen atoms in total. The lowest BCUT2D eigenvalue weighted by Gasteiger charge is -2.06. The fraction of sp³-hybridized carbons (Fsp3) is 0. The van der Waals surface area contributed by atoms with Crippen LogP contribution in [-0.2, 0) is 0 Å². The topological polar surface area (TPSA) is 18.5 Å². The number of para-hydroxylation sites is 2. The standard InChI is InChI=1S/C12H11O2P/c1-3-7-11(8-4-1)13-15-14-12-9-5-2-6-10-12/h1-10,15H. The summed E-state index contributed by atoms with van der Waals surface area (Å²) >= 11 is 0. The van der Waals surface area contributed by atoms with Gasteiger partial charge in [-0.15, -0.1) is 0 Å². The first-order valence-corrected chi connectivity index (χ1v) is 5.45. The summed E-state index contributed by atoms with van der Waals surface area (Å²) in [6, 6.07) is 19.3. The van der Waals surface area contributed by atoms with E-state index in [9.17, 15) is 0 Å². The lowest BCUT2D eigenvalue weighted by atomic mass is 10.3. The van der Waals surface area contributed by atoms with E-state index in [1.165, 1.54) is 0 Å². The van der Waals surface area contributed by atoms with Crippen molar-refractivity contribution in [3.8, 4) is 11.5 Å². The zero-order chi connectivity index (χ0) is 10.3. The Kier molecular flexibility index (Phi) is 3.58. The van der Waals surface area contributed by atoms with E-state index in [4.69, 9.17) is 9.05 Å². The van der Waals surface area contributed by atoms with Gasteiger partial charge in [-0.2, -0.15) is 0 Å². The normalized spacial score (nSPS) is 9.60. The van der Waals surface area contributed by atoms with E-state index < -0.39 is 0 Å². The Labute approximate surface area is 90.8 Å². The van der Waals surface area contributed by atoms with Crippen LogP contribution in [0.3, 0.4) is 0 Å². The van der Waals surface area contributed by atoms with Gasteiger partial charge in [0.2, 0.25) is 0 Å². The van der Waals surface area contributed by atoms with Crippen LogP contribution < -0.4 is 9.05 Å². The second kappa shape index (κ2) is 5.38. The van der Waals surface area contributed by atoms with Crippen LogP contribution in [0.15, 0.2) is 60.7 Å². The molecule has 0 aliphatic heterocycles. The van der Waals surface area contributed by atoms with Crippen molar-refractivity contribution in [3.05, 3.63) is 60.7 Å². The summed E-state index contributed by atoms with van der Waals surface area (Å²) in [5.41, 5.74) is 0. The zero-order valence-electron chi connectivity index (χ0n) is 8.09. The highest BCUT2D eigenvalue weighted by Gasteiger charge is 1.93. The molecule has 0 N–H and O–H groups in total. The number of rotatable bonds is 4. The van der Waals surface area contributed by atoms with E-state index >= 15 is 0 Å². The van der Waals surface area contributed by atoms with E-state index in [2.05, 4.69) is 0 Å². The van der Waals surface area contributed by atoms with Crippen LogP contribution in [-0.4, -0.2) is 0 Å². The van der Waals surface area contributed by atoms with E-state index in [1.54, 1.807) is 0 Å². The minimum absolute atomic E-state index is 0.0129. The molecule has 0 bridgehead atoms. The maximum Gasteiger partial charge on any atom is 0.275 e. The highest BCUT2D eigenvalue weighted by atomic mass is 31.1. The molecule has 3 heteroatoms. The molecule has 2 rings (SSSR count). The minimum Gasteiger partial charge on any atom is -0.441 e. The molecule has 0 radical (unpaired) electrons. The van der Waals surface area contributed by atoms with Gasteiger partial charge < -0.3 is 9.05 Å². The van der Waals surface area contributed by atoms with Gasteiger partial charge in [0.25, 0.3) is 9.03 Å². The molecule has 0 atom stereocenters. The molecule has 76 valence electrons. The Hall–Kier alpha value is -1.53. The van der Waals surface area contributed by atoms with Crippen LogP contribution in [0, 0.1) is 0 Å². The highest BCUT2D eigenvalue weighted by molar-refractivity contribution is 7.27. The second-order valence-electron chi connectivity index (χ2n) is 2.91. The fourth-order valence-corrected chi connectivity index (χ4v) is 1.60. The van der Waals surface area contributed by atoms with Crippen LogP contribution in [0.1, 0.15) is 0 Å². The van der Waals surface area contributed by atoms with Gasteiger partial charge in [-0.05, 0) is 24.3 Å². The van der Waals surface area contributed by atoms with Gasteiger partial charge in [-0.25, -0.2) is 0 Å². The van der Waals surface area contributed by atoms with Crippen molar-refractivity contribution in [2.45, 2.75) is 0 Å². The Morgan fingerprint density at radius 3 is 1.40 bits per heavy atom. The summed E-state index contributed by atoms with van der Waals surface area (Å²) in [5.74, 6) is 1.65. The predicted octanol–water partition coefficient (Wildman–Crippen LogP) is 3.65. The number of hydrogen-bond acceptors (Lipinski definition) is 2. The van der Waals surface area contributed by atoms with E-state index in [1.807, 2.05) is 60.7 Å². The Morgan fingerprint density at radius 2 is 1.00 bits per heavy atom. The van der Waals surface area contributed by atoms with E-state index in [0.29, 0.717) is 0 Å². The van der Waals surface area contributed by atoms with E-state index in [0.717, 1.165) is 11.5 Å². The molecule has 0 aliphatic rings. The average molecular weight is 218 g/mol. The van der Waals surface area contributed by atoms with Gasteiger partial charge in [-0.1, -0.05) is 36.4 Å². The third-order valence-corrected chi connectivity index (χ3v) is 2.44. The maximum absolute atomic E-state index is 5.42. The average Bonchev–Trinajstić information content (AvgIpc) is 2.32. The van der Waals surface area contributed by atoms with Gasteiger partial charge in [-0.3, -0.25) is 0 Å². The van der Waals surface area contributed by atoms with Gasteiger partial charge in [0.05, 0.1) is 0 Å². The molecule has 0 aliphatic carbocycles. The minimum atomic E-state index is -0.0129. The quantitative estimate of drug-likeness (QED) is 0.729. The van der Waals surface area contributed by atoms with Crippen LogP contribution in [0.25, 0.3) is 0 Å². The van der Waals surface area contributed by atoms with Crippen molar-refractivity contribution >= 4 is 9.03 Å². The molecule has 0 aromatic heterocycles. The van der Waals surface area contributed by atoms with Crippen molar-refractivity contribution in [3.63, 3.8) is 0 Å². The molecule has 0 amide bonds. The first-order chi connectivity index (χ1) is 7.45. The first-order valence-electron chi connectivity index (χ1n) is 4.64. The van der Waals surface area contributed by atoms with Crippen LogP contribution >= 0.6 is 9.03 Å². The molecular formula is C12H11O2P.